The van der Waals surface area contributed by atoms with E-state index in [1.54, 1.807) is 0 Å². The number of imide groups is 1. The zero-order valence-corrected chi connectivity index (χ0v) is 14.6. The van der Waals surface area contributed by atoms with E-state index in [0.717, 1.165) is 17.5 Å². The van der Waals surface area contributed by atoms with Gasteiger partial charge in [0.1, 0.15) is 5.78 Å². The molecule has 1 aromatic rings. The zero-order valence-electron chi connectivity index (χ0n) is 14.6. The van der Waals surface area contributed by atoms with E-state index >= 15 is 0 Å². The molecule has 4 heteroatoms. The minimum atomic E-state index is -0.239. The molecule has 1 aromatic carbocycles. The number of fused-ring (bicyclic) bond motifs is 1. The van der Waals surface area contributed by atoms with E-state index in [-0.39, 0.29) is 34.8 Å². The lowest BCUT2D eigenvalue weighted by Gasteiger charge is -2.23. The zero-order chi connectivity index (χ0) is 17.5. The van der Waals surface area contributed by atoms with Crippen LogP contribution in [0.4, 0.5) is 0 Å². The molecule has 1 heterocycles. The van der Waals surface area contributed by atoms with E-state index in [1.807, 2.05) is 0 Å². The number of hydrogen-bond acceptors (Lipinski definition) is 3. The summed E-state index contributed by atoms with van der Waals surface area (Å²) >= 11 is 0. The molecule has 1 aliphatic carbocycles. The molecular formula is C20H25NO3. The quantitative estimate of drug-likeness (QED) is 0.868. The Morgan fingerprint density at radius 2 is 1.92 bits per heavy atom. The smallest absolute Gasteiger partial charge is 0.229 e. The molecule has 1 fully saturated rings. The number of Topliss-reactive ketones (excluding diaryl/α,β-unsaturated/α-hetero) is 1. The molecule has 0 radical (unpaired) electrons. The fraction of sp³-hybridized carbons (Fsp3) is 0.550. The Labute approximate surface area is 143 Å². The highest BCUT2D eigenvalue weighted by molar-refractivity contribution is 5.99. The highest BCUT2D eigenvalue weighted by Gasteiger charge is 2.36. The molecule has 2 aliphatic rings. The molecule has 1 saturated heterocycles. The fourth-order valence-corrected chi connectivity index (χ4v) is 3.87. The number of hydrogen-bond donors (Lipinski definition) is 1. The van der Waals surface area contributed by atoms with Crippen LogP contribution in [0.3, 0.4) is 0 Å². The molecule has 2 unspecified atom stereocenters. The standard InChI is InChI=1S/C20H25NO3/c1-20(2,3)11-12-4-6-15-14(8-12)10-17(22)16(15)9-13-5-7-18(23)21-19(13)24/h4,6,8,13,16H,5,7,9-11H2,1-3H3,(H,21,23,24). The third-order valence-corrected chi connectivity index (χ3v) is 4.94. The molecule has 3 rings (SSSR count). The van der Waals surface area contributed by atoms with Crippen molar-refractivity contribution in [2.75, 3.05) is 0 Å². The van der Waals surface area contributed by atoms with Gasteiger partial charge < -0.3 is 0 Å². The van der Waals surface area contributed by atoms with Crippen LogP contribution in [0.1, 0.15) is 62.6 Å². The number of nitrogens with one attached hydrogen (secondary N) is 1. The minimum absolute atomic E-state index is 0.197. The summed E-state index contributed by atoms with van der Waals surface area (Å²) in [4.78, 5) is 35.7. The van der Waals surface area contributed by atoms with Gasteiger partial charge >= 0.3 is 0 Å². The lowest BCUT2D eigenvalue weighted by atomic mass is 9.84. The maximum absolute atomic E-state index is 12.5. The van der Waals surface area contributed by atoms with Crippen LogP contribution in [0.2, 0.25) is 0 Å². The highest BCUT2D eigenvalue weighted by Crippen LogP contribution is 2.37. The monoisotopic (exact) mass is 327 g/mol. The van der Waals surface area contributed by atoms with Crippen LogP contribution in [-0.2, 0) is 27.2 Å². The van der Waals surface area contributed by atoms with Crippen LogP contribution < -0.4 is 5.32 Å². The van der Waals surface area contributed by atoms with Crippen LogP contribution in [0.25, 0.3) is 0 Å². The lowest BCUT2D eigenvalue weighted by molar-refractivity contribution is -0.136. The Morgan fingerprint density at radius 1 is 1.17 bits per heavy atom. The van der Waals surface area contributed by atoms with Gasteiger partial charge in [-0.2, -0.15) is 0 Å². The summed E-state index contributed by atoms with van der Waals surface area (Å²) in [6, 6.07) is 6.33. The van der Waals surface area contributed by atoms with Crippen molar-refractivity contribution in [2.45, 2.75) is 58.8 Å². The Balaban J connectivity index is 1.77. The van der Waals surface area contributed by atoms with Gasteiger partial charge in [-0.1, -0.05) is 39.0 Å². The van der Waals surface area contributed by atoms with Crippen molar-refractivity contribution in [3.05, 3.63) is 34.9 Å². The molecule has 2 amide bonds. The first-order valence-corrected chi connectivity index (χ1v) is 8.71. The van der Waals surface area contributed by atoms with E-state index in [9.17, 15) is 14.4 Å². The van der Waals surface area contributed by atoms with Gasteiger partial charge in [0.15, 0.2) is 0 Å². The first-order valence-electron chi connectivity index (χ1n) is 8.71. The van der Waals surface area contributed by atoms with Crippen molar-refractivity contribution in [3.63, 3.8) is 0 Å². The van der Waals surface area contributed by atoms with Crippen molar-refractivity contribution in [2.24, 2.45) is 11.3 Å². The Morgan fingerprint density at radius 3 is 2.58 bits per heavy atom. The molecule has 0 saturated carbocycles. The maximum Gasteiger partial charge on any atom is 0.229 e. The molecule has 0 bridgehead atoms. The second-order valence-electron chi connectivity index (χ2n) is 8.35. The molecule has 2 atom stereocenters. The second-order valence-corrected chi connectivity index (χ2v) is 8.35. The fourth-order valence-electron chi connectivity index (χ4n) is 3.87. The summed E-state index contributed by atoms with van der Waals surface area (Å²) in [5, 5.41) is 2.39. The molecule has 1 N–H and O–H groups in total. The van der Waals surface area contributed by atoms with E-state index < -0.39 is 0 Å². The molecule has 128 valence electrons. The van der Waals surface area contributed by atoms with Crippen LogP contribution >= 0.6 is 0 Å². The van der Waals surface area contributed by atoms with Crippen molar-refractivity contribution >= 4 is 17.6 Å². The van der Waals surface area contributed by atoms with Gasteiger partial charge in [-0.3, -0.25) is 19.7 Å². The van der Waals surface area contributed by atoms with Gasteiger partial charge in [0.25, 0.3) is 0 Å². The van der Waals surface area contributed by atoms with E-state index in [0.29, 0.717) is 25.7 Å². The number of benzene rings is 1. The molecule has 4 nitrogen and oxygen atoms in total. The number of carbonyl (C=O) groups excluding carboxylic acids is 3. The van der Waals surface area contributed by atoms with Crippen LogP contribution in [0, 0.1) is 11.3 Å². The van der Waals surface area contributed by atoms with Gasteiger partial charge in [-0.25, -0.2) is 0 Å². The Hall–Kier alpha value is -1.97. The van der Waals surface area contributed by atoms with Crippen molar-refractivity contribution in [1.29, 1.82) is 0 Å². The Kier molecular flexibility index (Phi) is 4.33. The van der Waals surface area contributed by atoms with E-state index in [1.165, 1.54) is 5.56 Å². The normalized spacial score (nSPS) is 24.0. The number of ketones is 1. The summed E-state index contributed by atoms with van der Waals surface area (Å²) in [7, 11) is 0. The largest absolute Gasteiger partial charge is 0.299 e. The van der Waals surface area contributed by atoms with Crippen LogP contribution in [0.5, 0.6) is 0 Å². The summed E-state index contributed by atoms with van der Waals surface area (Å²) in [5.74, 6) is -0.676. The topological polar surface area (TPSA) is 63.2 Å². The highest BCUT2D eigenvalue weighted by atomic mass is 16.2. The van der Waals surface area contributed by atoms with Crippen molar-refractivity contribution < 1.29 is 14.4 Å². The number of piperidine rings is 1. The second kappa shape index (κ2) is 6.15. The van der Waals surface area contributed by atoms with E-state index in [4.69, 9.17) is 0 Å². The predicted molar refractivity (Wildman–Crippen MR) is 91.5 cm³/mol. The van der Waals surface area contributed by atoms with Gasteiger partial charge in [-0.15, -0.1) is 0 Å². The minimum Gasteiger partial charge on any atom is -0.299 e. The summed E-state index contributed by atoms with van der Waals surface area (Å²) in [6.45, 7) is 6.62. The summed E-state index contributed by atoms with van der Waals surface area (Å²) in [6.07, 6.45) is 2.88. The summed E-state index contributed by atoms with van der Waals surface area (Å²) in [5.41, 5.74) is 3.65. The number of amides is 2. The van der Waals surface area contributed by atoms with Crippen molar-refractivity contribution in [3.8, 4) is 0 Å². The number of carbonyl (C=O) groups is 3. The molecule has 1 aliphatic heterocycles. The molecular weight excluding hydrogens is 302 g/mol. The van der Waals surface area contributed by atoms with Gasteiger partial charge in [0.05, 0.1) is 0 Å². The van der Waals surface area contributed by atoms with Gasteiger partial charge in [0, 0.05) is 24.7 Å². The van der Waals surface area contributed by atoms with E-state index in [2.05, 4.69) is 44.3 Å². The third kappa shape index (κ3) is 3.58. The molecule has 24 heavy (non-hydrogen) atoms. The van der Waals surface area contributed by atoms with Gasteiger partial charge in [-0.05, 0) is 41.4 Å². The van der Waals surface area contributed by atoms with Gasteiger partial charge in [0.2, 0.25) is 11.8 Å². The SMILES string of the molecule is CC(C)(C)Cc1ccc2c(c1)CC(=O)C2CC1CCC(=O)NC1=O. The lowest BCUT2D eigenvalue weighted by Crippen LogP contribution is -2.41. The van der Waals surface area contributed by atoms with Crippen LogP contribution in [-0.4, -0.2) is 17.6 Å². The predicted octanol–water partition coefficient (Wildman–Crippen LogP) is 2.93. The average molecular weight is 327 g/mol. The summed E-state index contributed by atoms with van der Waals surface area (Å²) < 4.78 is 0. The van der Waals surface area contributed by atoms with Crippen molar-refractivity contribution in [1.82, 2.24) is 5.32 Å². The molecule has 0 aromatic heterocycles. The van der Waals surface area contributed by atoms with Crippen LogP contribution in [0.15, 0.2) is 18.2 Å². The number of rotatable bonds is 3. The first-order chi connectivity index (χ1) is 11.2. The molecule has 0 spiro atoms. The Bertz CT molecular complexity index is 699. The third-order valence-electron chi connectivity index (χ3n) is 4.94. The first kappa shape index (κ1) is 16.9. The average Bonchev–Trinajstić information content (AvgIpc) is 2.75. The maximum atomic E-state index is 12.5.